The van der Waals surface area contributed by atoms with Crippen molar-refractivity contribution < 1.29 is 4.79 Å². The first-order valence-electron chi connectivity index (χ1n) is 4.93. The zero-order valence-corrected chi connectivity index (χ0v) is 12.5. The van der Waals surface area contributed by atoms with Gasteiger partial charge in [-0.05, 0) is 68.9 Å². The third kappa shape index (κ3) is 2.87. The highest BCUT2D eigenvalue weighted by atomic mass is 127. The average molecular weight is 402 g/mol. The van der Waals surface area contributed by atoms with Gasteiger partial charge in [0.15, 0.2) is 5.78 Å². The van der Waals surface area contributed by atoms with Gasteiger partial charge < -0.3 is 5.73 Å². The summed E-state index contributed by atoms with van der Waals surface area (Å²) in [4.78, 5) is 12.2. The Morgan fingerprint density at radius 2 is 1.82 bits per heavy atom. The molecule has 0 aromatic heterocycles. The van der Waals surface area contributed by atoms with Crippen LogP contribution in [-0.2, 0) is 0 Å². The first-order chi connectivity index (χ1) is 8.08. The van der Waals surface area contributed by atoms with Crippen molar-refractivity contribution in [2.45, 2.75) is 0 Å². The summed E-state index contributed by atoms with van der Waals surface area (Å²) in [5.74, 6) is 0.00390. The van der Waals surface area contributed by atoms with E-state index in [4.69, 9.17) is 5.73 Å². The van der Waals surface area contributed by atoms with Crippen LogP contribution in [-0.4, -0.2) is 5.78 Å². The van der Waals surface area contributed by atoms with Crippen LogP contribution < -0.4 is 5.73 Å². The molecule has 2 rings (SSSR count). The normalized spacial score (nSPS) is 10.2. The molecule has 0 aliphatic carbocycles. The summed E-state index contributed by atoms with van der Waals surface area (Å²) in [6, 6.07) is 12.7. The minimum Gasteiger partial charge on any atom is -0.398 e. The van der Waals surface area contributed by atoms with Gasteiger partial charge in [0.25, 0.3) is 0 Å². The molecular weight excluding hydrogens is 393 g/mol. The van der Waals surface area contributed by atoms with E-state index in [2.05, 4.69) is 38.5 Å². The topological polar surface area (TPSA) is 43.1 Å². The fraction of sp³-hybridized carbons (Fsp3) is 0. The number of carbonyl (C=O) groups is 1. The van der Waals surface area contributed by atoms with Crippen molar-refractivity contribution in [1.82, 2.24) is 0 Å². The maximum absolute atomic E-state index is 12.2. The number of ketones is 1. The third-order valence-corrected chi connectivity index (χ3v) is 3.71. The molecule has 0 saturated heterocycles. The molecule has 17 heavy (non-hydrogen) atoms. The van der Waals surface area contributed by atoms with Crippen molar-refractivity contribution in [3.05, 3.63) is 61.6 Å². The number of hydrogen-bond acceptors (Lipinski definition) is 2. The van der Waals surface area contributed by atoms with Gasteiger partial charge in [-0.2, -0.15) is 0 Å². The van der Waals surface area contributed by atoms with Crippen LogP contribution in [0.3, 0.4) is 0 Å². The number of anilines is 1. The van der Waals surface area contributed by atoms with Crippen LogP contribution >= 0.6 is 38.5 Å². The predicted molar refractivity (Wildman–Crippen MR) is 81.1 cm³/mol. The van der Waals surface area contributed by atoms with Gasteiger partial charge in [0.05, 0.1) is 0 Å². The number of rotatable bonds is 2. The van der Waals surface area contributed by atoms with E-state index in [1.54, 1.807) is 18.2 Å². The highest BCUT2D eigenvalue weighted by Gasteiger charge is 2.10. The van der Waals surface area contributed by atoms with Crippen molar-refractivity contribution in [2.75, 3.05) is 5.73 Å². The lowest BCUT2D eigenvalue weighted by atomic mass is 10.0. The van der Waals surface area contributed by atoms with E-state index in [9.17, 15) is 4.79 Å². The lowest BCUT2D eigenvalue weighted by Gasteiger charge is -2.04. The molecule has 0 spiro atoms. The molecule has 86 valence electrons. The molecule has 0 unspecified atom stereocenters. The Morgan fingerprint density at radius 3 is 2.47 bits per heavy atom. The number of hydrogen-bond donors (Lipinski definition) is 1. The second-order valence-corrected chi connectivity index (χ2v) is 5.68. The Morgan fingerprint density at radius 1 is 1.12 bits per heavy atom. The lowest BCUT2D eigenvalue weighted by Crippen LogP contribution is -2.02. The molecule has 2 N–H and O–H groups in total. The second kappa shape index (κ2) is 5.18. The van der Waals surface area contributed by atoms with Gasteiger partial charge in [0.1, 0.15) is 0 Å². The quantitative estimate of drug-likeness (QED) is 0.471. The molecule has 4 heteroatoms. The molecule has 0 fully saturated rings. The van der Waals surface area contributed by atoms with E-state index >= 15 is 0 Å². The van der Waals surface area contributed by atoms with Crippen LogP contribution in [0.2, 0.25) is 0 Å². The molecule has 0 heterocycles. The van der Waals surface area contributed by atoms with Gasteiger partial charge in [0.2, 0.25) is 0 Å². The minimum atomic E-state index is 0.00390. The van der Waals surface area contributed by atoms with Crippen LogP contribution in [0.25, 0.3) is 0 Å². The Kier molecular flexibility index (Phi) is 3.83. The van der Waals surface area contributed by atoms with Crippen LogP contribution in [0.5, 0.6) is 0 Å². The summed E-state index contributed by atoms with van der Waals surface area (Å²) in [6.45, 7) is 0. The molecule has 2 nitrogen and oxygen atoms in total. The van der Waals surface area contributed by atoms with Gasteiger partial charge in [0, 0.05) is 24.9 Å². The Labute approximate surface area is 121 Å². The predicted octanol–water partition coefficient (Wildman–Crippen LogP) is 3.87. The smallest absolute Gasteiger partial charge is 0.193 e. The minimum absolute atomic E-state index is 0.00390. The summed E-state index contributed by atoms with van der Waals surface area (Å²) < 4.78 is 1.79. The van der Waals surface area contributed by atoms with Crippen molar-refractivity contribution in [2.24, 2.45) is 0 Å². The number of halogens is 2. The highest BCUT2D eigenvalue weighted by molar-refractivity contribution is 14.1. The van der Waals surface area contributed by atoms with Crippen LogP contribution in [0.15, 0.2) is 46.9 Å². The Balaban J connectivity index is 2.40. The molecule has 0 radical (unpaired) electrons. The standard InChI is InChI=1S/C13H9BrINO/c14-11-7-9(4-5-12(11)16)13(17)8-2-1-3-10(15)6-8/h1-7H,16H2. The largest absolute Gasteiger partial charge is 0.398 e. The fourth-order valence-corrected chi connectivity index (χ4v) is 2.39. The molecule has 0 aliphatic rings. The van der Waals surface area contributed by atoms with Gasteiger partial charge in [-0.3, -0.25) is 4.79 Å². The van der Waals surface area contributed by atoms with Gasteiger partial charge in [-0.25, -0.2) is 0 Å². The van der Waals surface area contributed by atoms with E-state index in [-0.39, 0.29) is 5.78 Å². The van der Waals surface area contributed by atoms with Crippen LogP contribution in [0, 0.1) is 3.57 Å². The number of nitrogens with two attached hydrogens (primary N) is 1. The molecule has 2 aromatic carbocycles. The van der Waals surface area contributed by atoms with Crippen LogP contribution in [0.4, 0.5) is 5.69 Å². The molecule has 0 saturated carbocycles. The average Bonchev–Trinajstić information content (AvgIpc) is 2.32. The summed E-state index contributed by atoms with van der Waals surface area (Å²) in [7, 11) is 0. The van der Waals surface area contributed by atoms with Crippen molar-refractivity contribution >= 4 is 50.0 Å². The maximum Gasteiger partial charge on any atom is 0.193 e. The van der Waals surface area contributed by atoms with E-state index in [0.717, 1.165) is 8.04 Å². The maximum atomic E-state index is 12.2. The second-order valence-electron chi connectivity index (χ2n) is 3.58. The summed E-state index contributed by atoms with van der Waals surface area (Å²) in [5, 5.41) is 0. The van der Waals surface area contributed by atoms with Crippen LogP contribution in [0.1, 0.15) is 15.9 Å². The fourth-order valence-electron chi connectivity index (χ4n) is 1.46. The zero-order chi connectivity index (χ0) is 12.4. The summed E-state index contributed by atoms with van der Waals surface area (Å²) in [6.07, 6.45) is 0. The van der Waals surface area contributed by atoms with Gasteiger partial charge in [-0.15, -0.1) is 0 Å². The first-order valence-corrected chi connectivity index (χ1v) is 6.80. The molecule has 0 bridgehead atoms. The highest BCUT2D eigenvalue weighted by Crippen LogP contribution is 2.22. The van der Waals surface area contributed by atoms with E-state index < -0.39 is 0 Å². The Hall–Kier alpha value is -0.880. The molecule has 0 amide bonds. The zero-order valence-electron chi connectivity index (χ0n) is 8.78. The SMILES string of the molecule is Nc1ccc(C(=O)c2cccc(I)c2)cc1Br. The van der Waals surface area contributed by atoms with Crippen molar-refractivity contribution in [3.8, 4) is 0 Å². The molecular formula is C13H9BrINO. The summed E-state index contributed by atoms with van der Waals surface area (Å²) in [5.41, 5.74) is 7.64. The lowest BCUT2D eigenvalue weighted by molar-refractivity contribution is 0.103. The monoisotopic (exact) mass is 401 g/mol. The number of benzene rings is 2. The molecule has 0 aliphatic heterocycles. The van der Waals surface area contributed by atoms with Crippen molar-refractivity contribution in [3.63, 3.8) is 0 Å². The molecule has 0 atom stereocenters. The van der Waals surface area contributed by atoms with Gasteiger partial charge in [-0.1, -0.05) is 12.1 Å². The third-order valence-electron chi connectivity index (χ3n) is 2.35. The van der Waals surface area contributed by atoms with E-state index in [1.807, 2.05) is 24.3 Å². The number of nitrogen functional groups attached to an aromatic ring is 1. The van der Waals surface area contributed by atoms with E-state index in [1.165, 1.54) is 0 Å². The van der Waals surface area contributed by atoms with Crippen molar-refractivity contribution in [1.29, 1.82) is 0 Å². The number of carbonyl (C=O) groups excluding carboxylic acids is 1. The summed E-state index contributed by atoms with van der Waals surface area (Å²) >= 11 is 5.51. The van der Waals surface area contributed by atoms with E-state index in [0.29, 0.717) is 16.8 Å². The first kappa shape index (κ1) is 12.6. The van der Waals surface area contributed by atoms with Gasteiger partial charge >= 0.3 is 0 Å². The molecule has 2 aromatic rings. The Bertz CT molecular complexity index is 583.